The molecule has 1 atom stereocenters. The molecule has 0 spiro atoms. The standard InChI is InChI=1S/C27H28N2O2S/c1-27(2,3)20-11-14-22-23(16-28)26(32-24(22)15-20)29-25(30)19-9-12-21(13-10-19)31-17-18-7-5-4-6-8-18/h4-10,12-13,20H,11,14-15,17H2,1-3H3,(H,29,30). The van der Waals surface area contributed by atoms with E-state index in [1.807, 2.05) is 30.3 Å². The maximum absolute atomic E-state index is 12.9. The summed E-state index contributed by atoms with van der Waals surface area (Å²) >= 11 is 1.56. The van der Waals surface area contributed by atoms with Crippen LogP contribution in [-0.4, -0.2) is 5.91 Å². The van der Waals surface area contributed by atoms with Crippen molar-refractivity contribution in [1.82, 2.24) is 0 Å². The zero-order chi connectivity index (χ0) is 22.7. The Morgan fingerprint density at radius 1 is 1.16 bits per heavy atom. The third kappa shape index (κ3) is 4.87. The SMILES string of the molecule is CC(C)(C)C1CCc2c(sc(NC(=O)c3ccc(OCc4ccccc4)cc3)c2C#N)C1. The normalized spacial score (nSPS) is 15.5. The highest BCUT2D eigenvalue weighted by Crippen LogP contribution is 2.44. The van der Waals surface area contributed by atoms with Gasteiger partial charge in [0, 0.05) is 10.4 Å². The van der Waals surface area contributed by atoms with Gasteiger partial charge in [0.1, 0.15) is 23.4 Å². The number of fused-ring (bicyclic) bond motifs is 1. The van der Waals surface area contributed by atoms with Crippen molar-refractivity contribution in [3.63, 3.8) is 0 Å². The van der Waals surface area contributed by atoms with Crippen LogP contribution in [-0.2, 0) is 19.4 Å². The molecule has 0 bridgehead atoms. The fourth-order valence-electron chi connectivity index (χ4n) is 4.15. The molecule has 0 aliphatic heterocycles. The molecule has 1 amide bonds. The summed E-state index contributed by atoms with van der Waals surface area (Å²) in [6.07, 6.45) is 2.96. The summed E-state index contributed by atoms with van der Waals surface area (Å²) in [4.78, 5) is 14.1. The van der Waals surface area contributed by atoms with Crippen LogP contribution in [0.2, 0.25) is 0 Å². The number of carbonyl (C=O) groups excluding carboxylic acids is 1. The van der Waals surface area contributed by atoms with Crippen molar-refractivity contribution < 1.29 is 9.53 Å². The molecule has 1 heterocycles. The Labute approximate surface area is 193 Å². The number of nitrogens with zero attached hydrogens (tertiary/aromatic N) is 1. The topological polar surface area (TPSA) is 62.1 Å². The van der Waals surface area contributed by atoms with E-state index in [-0.39, 0.29) is 11.3 Å². The minimum atomic E-state index is -0.206. The predicted octanol–water partition coefficient (Wildman–Crippen LogP) is 6.60. The van der Waals surface area contributed by atoms with Crippen LogP contribution in [0, 0.1) is 22.7 Å². The number of benzene rings is 2. The van der Waals surface area contributed by atoms with Gasteiger partial charge in [0.2, 0.25) is 0 Å². The van der Waals surface area contributed by atoms with E-state index in [2.05, 4.69) is 32.2 Å². The minimum absolute atomic E-state index is 0.206. The van der Waals surface area contributed by atoms with Crippen molar-refractivity contribution in [1.29, 1.82) is 5.26 Å². The molecule has 2 aromatic carbocycles. The highest BCUT2D eigenvalue weighted by atomic mass is 32.1. The second-order valence-electron chi connectivity index (χ2n) is 9.38. The molecular weight excluding hydrogens is 416 g/mol. The van der Waals surface area contributed by atoms with Crippen LogP contribution in [0.4, 0.5) is 5.00 Å². The van der Waals surface area contributed by atoms with Crippen LogP contribution in [0.25, 0.3) is 0 Å². The second-order valence-corrected chi connectivity index (χ2v) is 10.5. The molecule has 32 heavy (non-hydrogen) atoms. The Bertz CT molecular complexity index is 1140. The lowest BCUT2D eigenvalue weighted by molar-refractivity contribution is 0.102. The van der Waals surface area contributed by atoms with Gasteiger partial charge < -0.3 is 10.1 Å². The van der Waals surface area contributed by atoms with Crippen LogP contribution >= 0.6 is 11.3 Å². The zero-order valence-corrected chi connectivity index (χ0v) is 19.6. The molecule has 5 heteroatoms. The molecule has 0 radical (unpaired) electrons. The van der Waals surface area contributed by atoms with Crippen LogP contribution in [0.3, 0.4) is 0 Å². The average molecular weight is 445 g/mol. The van der Waals surface area contributed by atoms with E-state index >= 15 is 0 Å². The smallest absolute Gasteiger partial charge is 0.256 e. The Morgan fingerprint density at radius 2 is 1.88 bits per heavy atom. The molecule has 0 saturated heterocycles. The van der Waals surface area contributed by atoms with Crippen LogP contribution in [0.5, 0.6) is 5.75 Å². The van der Waals surface area contributed by atoms with Crippen molar-refractivity contribution in [2.45, 2.75) is 46.6 Å². The number of nitrogens with one attached hydrogen (secondary N) is 1. The minimum Gasteiger partial charge on any atom is -0.489 e. The largest absolute Gasteiger partial charge is 0.489 e. The summed E-state index contributed by atoms with van der Waals surface area (Å²) < 4.78 is 5.80. The van der Waals surface area contributed by atoms with Crippen molar-refractivity contribution in [3.05, 3.63) is 81.7 Å². The average Bonchev–Trinajstić information content (AvgIpc) is 3.14. The highest BCUT2D eigenvalue weighted by molar-refractivity contribution is 7.16. The van der Waals surface area contributed by atoms with Gasteiger partial charge in [0.05, 0.1) is 5.56 Å². The lowest BCUT2D eigenvalue weighted by atomic mass is 9.72. The molecule has 164 valence electrons. The third-order valence-corrected chi connectivity index (χ3v) is 7.36. The quantitative estimate of drug-likeness (QED) is 0.482. The number of rotatable bonds is 5. The predicted molar refractivity (Wildman–Crippen MR) is 129 cm³/mol. The number of carbonyl (C=O) groups is 1. The van der Waals surface area contributed by atoms with E-state index in [9.17, 15) is 10.1 Å². The molecule has 4 nitrogen and oxygen atoms in total. The fraction of sp³-hybridized carbons (Fsp3) is 0.333. The van der Waals surface area contributed by atoms with Crippen molar-refractivity contribution >= 4 is 22.2 Å². The Morgan fingerprint density at radius 3 is 2.53 bits per heavy atom. The molecule has 1 N–H and O–H groups in total. The van der Waals surface area contributed by atoms with E-state index in [1.54, 1.807) is 35.6 Å². The number of hydrogen-bond donors (Lipinski definition) is 1. The van der Waals surface area contributed by atoms with E-state index in [4.69, 9.17) is 4.74 Å². The fourth-order valence-corrected chi connectivity index (χ4v) is 5.42. The van der Waals surface area contributed by atoms with E-state index in [0.29, 0.717) is 34.4 Å². The first-order valence-electron chi connectivity index (χ1n) is 11.0. The summed E-state index contributed by atoms with van der Waals surface area (Å²) in [7, 11) is 0. The first kappa shape index (κ1) is 22.1. The summed E-state index contributed by atoms with van der Waals surface area (Å²) in [6.45, 7) is 7.31. The van der Waals surface area contributed by atoms with Gasteiger partial charge in [-0.2, -0.15) is 5.26 Å². The van der Waals surface area contributed by atoms with Gasteiger partial charge in [-0.3, -0.25) is 4.79 Å². The molecular formula is C27H28N2O2S. The maximum atomic E-state index is 12.9. The number of anilines is 1. The van der Waals surface area contributed by atoms with Gasteiger partial charge in [-0.1, -0.05) is 51.1 Å². The maximum Gasteiger partial charge on any atom is 0.256 e. The van der Waals surface area contributed by atoms with E-state index in [1.165, 1.54) is 4.88 Å². The molecule has 1 aromatic heterocycles. The van der Waals surface area contributed by atoms with Crippen molar-refractivity contribution in [2.75, 3.05) is 5.32 Å². The van der Waals surface area contributed by atoms with E-state index in [0.717, 1.165) is 30.4 Å². The first-order valence-corrected chi connectivity index (χ1v) is 11.8. The van der Waals surface area contributed by atoms with Crippen LogP contribution < -0.4 is 10.1 Å². The third-order valence-electron chi connectivity index (χ3n) is 6.19. The molecule has 1 aliphatic carbocycles. The second kappa shape index (κ2) is 9.18. The molecule has 0 fully saturated rings. The van der Waals surface area contributed by atoms with Crippen LogP contribution in [0.1, 0.15) is 59.1 Å². The lowest BCUT2D eigenvalue weighted by Crippen LogP contribution is -2.26. The number of ether oxygens (including phenoxy) is 1. The summed E-state index contributed by atoms with van der Waals surface area (Å²) in [5.74, 6) is 1.09. The van der Waals surface area contributed by atoms with Gasteiger partial charge in [0.15, 0.2) is 0 Å². The first-order chi connectivity index (χ1) is 15.3. The molecule has 1 aliphatic rings. The Balaban J connectivity index is 1.44. The molecule has 1 unspecified atom stereocenters. The molecule has 4 rings (SSSR count). The molecule has 3 aromatic rings. The van der Waals surface area contributed by atoms with Crippen molar-refractivity contribution in [3.8, 4) is 11.8 Å². The van der Waals surface area contributed by atoms with Crippen LogP contribution in [0.15, 0.2) is 54.6 Å². The van der Waals surface area contributed by atoms with Crippen molar-refractivity contribution in [2.24, 2.45) is 11.3 Å². The number of thiophene rings is 1. The summed E-state index contributed by atoms with van der Waals surface area (Å²) in [6, 6.07) is 19.4. The molecule has 0 saturated carbocycles. The lowest BCUT2D eigenvalue weighted by Gasteiger charge is -2.33. The number of amides is 1. The van der Waals surface area contributed by atoms with Gasteiger partial charge >= 0.3 is 0 Å². The van der Waals surface area contributed by atoms with Gasteiger partial charge in [-0.05, 0) is 66.0 Å². The number of nitriles is 1. The number of hydrogen-bond acceptors (Lipinski definition) is 4. The zero-order valence-electron chi connectivity index (χ0n) is 18.8. The summed E-state index contributed by atoms with van der Waals surface area (Å²) in [5, 5.41) is 13.4. The van der Waals surface area contributed by atoms with E-state index < -0.39 is 0 Å². The monoisotopic (exact) mass is 444 g/mol. The van der Waals surface area contributed by atoms with Gasteiger partial charge in [-0.25, -0.2) is 0 Å². The van der Waals surface area contributed by atoms with Gasteiger partial charge in [-0.15, -0.1) is 11.3 Å². The summed E-state index contributed by atoms with van der Waals surface area (Å²) in [5.41, 5.74) is 3.63. The van der Waals surface area contributed by atoms with Gasteiger partial charge in [0.25, 0.3) is 5.91 Å². The Kier molecular flexibility index (Phi) is 6.34. The Hall–Kier alpha value is -3.10. The highest BCUT2D eigenvalue weighted by Gasteiger charge is 2.32.